The second kappa shape index (κ2) is 7.93. The maximum absolute atomic E-state index is 12.6. The summed E-state index contributed by atoms with van der Waals surface area (Å²) in [7, 11) is -3.64. The first-order chi connectivity index (χ1) is 13.2. The normalized spacial score (nSPS) is 13.5. The molecule has 1 heterocycles. The molecule has 1 aliphatic heterocycles. The highest BCUT2D eigenvalue weighted by Gasteiger charge is 2.28. The fraction of sp³-hybridized carbons (Fsp3) is 0.300. The van der Waals surface area contributed by atoms with Gasteiger partial charge in [-0.1, -0.05) is 17.7 Å². The van der Waals surface area contributed by atoms with Crippen LogP contribution in [-0.2, 0) is 25.8 Å². The molecule has 0 saturated heterocycles. The molecule has 28 heavy (non-hydrogen) atoms. The second-order valence-electron chi connectivity index (χ2n) is 6.69. The molecule has 2 amide bonds. The minimum absolute atomic E-state index is 0.0387. The number of hydrogen-bond donors (Lipinski definition) is 1. The third-order valence-corrected chi connectivity index (χ3v) is 6.83. The van der Waals surface area contributed by atoms with Crippen molar-refractivity contribution in [2.75, 3.05) is 22.5 Å². The molecule has 148 valence electrons. The molecule has 0 aromatic heterocycles. The average molecular weight is 421 g/mol. The van der Waals surface area contributed by atoms with Crippen LogP contribution < -0.4 is 10.2 Å². The second-order valence-corrected chi connectivity index (χ2v) is 9.20. The predicted octanol–water partition coefficient (Wildman–Crippen LogP) is 3.36. The lowest BCUT2D eigenvalue weighted by Crippen LogP contribution is -2.25. The van der Waals surface area contributed by atoms with Crippen LogP contribution in [0.1, 0.15) is 24.5 Å². The monoisotopic (exact) mass is 420 g/mol. The van der Waals surface area contributed by atoms with Crippen molar-refractivity contribution in [1.29, 1.82) is 0 Å². The van der Waals surface area contributed by atoms with E-state index in [0.29, 0.717) is 22.8 Å². The van der Waals surface area contributed by atoms with Crippen LogP contribution in [0.2, 0.25) is 5.02 Å². The molecule has 0 aliphatic carbocycles. The van der Waals surface area contributed by atoms with Gasteiger partial charge < -0.3 is 10.2 Å². The molecule has 0 fully saturated rings. The first-order valence-electron chi connectivity index (χ1n) is 8.93. The fourth-order valence-electron chi connectivity index (χ4n) is 3.14. The van der Waals surface area contributed by atoms with Gasteiger partial charge >= 0.3 is 0 Å². The molecular weight excluding hydrogens is 400 g/mol. The van der Waals surface area contributed by atoms with Crippen molar-refractivity contribution >= 4 is 44.6 Å². The summed E-state index contributed by atoms with van der Waals surface area (Å²) in [5, 5.41) is 3.18. The first kappa shape index (κ1) is 20.4. The number of nitrogens with one attached hydrogen (secondary N) is 1. The van der Waals surface area contributed by atoms with E-state index in [1.165, 1.54) is 12.1 Å². The van der Waals surface area contributed by atoms with Crippen molar-refractivity contribution in [1.82, 2.24) is 0 Å². The lowest BCUT2D eigenvalue weighted by Gasteiger charge is -2.14. The van der Waals surface area contributed by atoms with Crippen LogP contribution in [0.25, 0.3) is 0 Å². The fourth-order valence-corrected chi connectivity index (χ4v) is 4.61. The summed E-state index contributed by atoms with van der Waals surface area (Å²) in [6.07, 6.45) is 0.0200. The van der Waals surface area contributed by atoms with Gasteiger partial charge in [0.05, 0.1) is 17.1 Å². The quantitative estimate of drug-likeness (QED) is 0.776. The number of sulfone groups is 1. The number of carbonyl (C=O) groups excluding carboxylic acids is 2. The molecule has 0 radical (unpaired) electrons. The summed E-state index contributed by atoms with van der Waals surface area (Å²) < 4.78 is 25.2. The Labute approximate surface area is 169 Å². The Morgan fingerprint density at radius 1 is 1.21 bits per heavy atom. The Hall–Kier alpha value is -2.38. The Kier molecular flexibility index (Phi) is 5.76. The first-order valence-corrected chi connectivity index (χ1v) is 11.0. The number of likely N-dealkylation sites (N-methyl/N-ethyl adjacent to an activating group) is 1. The summed E-state index contributed by atoms with van der Waals surface area (Å²) in [6, 6.07) is 9.80. The molecule has 3 rings (SSSR count). The van der Waals surface area contributed by atoms with Crippen molar-refractivity contribution < 1.29 is 18.0 Å². The number of nitrogens with zero attached hydrogens (tertiary/aromatic N) is 1. The molecule has 0 bridgehead atoms. The molecule has 0 spiro atoms. The summed E-state index contributed by atoms with van der Waals surface area (Å²) in [5.41, 5.74) is 2.86. The molecule has 0 atom stereocenters. The minimum atomic E-state index is -3.64. The SMILES string of the molecule is CCN1C(=O)Cc2cc(S(=O)(=O)CCC(=O)Nc3ccc(C)c(Cl)c3)ccc21. The lowest BCUT2D eigenvalue weighted by atomic mass is 10.2. The van der Waals surface area contributed by atoms with Gasteiger partial charge in [-0.05, 0) is 55.3 Å². The Morgan fingerprint density at radius 2 is 1.96 bits per heavy atom. The van der Waals surface area contributed by atoms with Gasteiger partial charge in [0.25, 0.3) is 0 Å². The Morgan fingerprint density at radius 3 is 2.64 bits per heavy atom. The van der Waals surface area contributed by atoms with Crippen LogP contribution >= 0.6 is 11.6 Å². The molecular formula is C20H21ClN2O4S. The van der Waals surface area contributed by atoms with E-state index in [2.05, 4.69) is 5.32 Å². The van der Waals surface area contributed by atoms with Crippen molar-refractivity contribution in [2.45, 2.75) is 31.6 Å². The van der Waals surface area contributed by atoms with E-state index < -0.39 is 15.7 Å². The number of aryl methyl sites for hydroxylation is 1. The van der Waals surface area contributed by atoms with Crippen molar-refractivity contribution in [2.24, 2.45) is 0 Å². The number of rotatable bonds is 6. The van der Waals surface area contributed by atoms with E-state index in [4.69, 9.17) is 11.6 Å². The average Bonchev–Trinajstić information content (AvgIpc) is 2.97. The molecule has 2 aromatic carbocycles. The number of halogens is 1. The molecule has 0 saturated carbocycles. The maximum atomic E-state index is 12.6. The van der Waals surface area contributed by atoms with Gasteiger partial charge in [-0.15, -0.1) is 0 Å². The number of amides is 2. The van der Waals surface area contributed by atoms with E-state index in [9.17, 15) is 18.0 Å². The van der Waals surface area contributed by atoms with Crippen LogP contribution in [0.4, 0.5) is 11.4 Å². The van der Waals surface area contributed by atoms with Crippen LogP contribution in [0.3, 0.4) is 0 Å². The van der Waals surface area contributed by atoms with Gasteiger partial charge in [0.2, 0.25) is 11.8 Å². The van der Waals surface area contributed by atoms with Gasteiger partial charge in [0.1, 0.15) is 0 Å². The van der Waals surface area contributed by atoms with E-state index in [-0.39, 0.29) is 29.4 Å². The highest BCUT2D eigenvalue weighted by atomic mass is 35.5. The zero-order valence-electron chi connectivity index (χ0n) is 15.7. The van der Waals surface area contributed by atoms with E-state index in [1.54, 1.807) is 29.2 Å². The molecule has 8 heteroatoms. The standard InChI is InChI=1S/C20H21ClN2O4S/c1-3-23-18-7-6-16(10-14(18)11-20(23)25)28(26,27)9-8-19(24)22-15-5-4-13(2)17(21)12-15/h4-7,10,12H,3,8-9,11H2,1-2H3,(H,22,24). The van der Waals surface area contributed by atoms with Gasteiger partial charge in [-0.25, -0.2) is 8.42 Å². The van der Waals surface area contributed by atoms with Crippen LogP contribution in [-0.4, -0.2) is 32.5 Å². The van der Waals surface area contributed by atoms with E-state index >= 15 is 0 Å². The van der Waals surface area contributed by atoms with Crippen LogP contribution in [0, 0.1) is 6.92 Å². The van der Waals surface area contributed by atoms with Crippen LogP contribution in [0.5, 0.6) is 0 Å². The van der Waals surface area contributed by atoms with Gasteiger partial charge in [-0.3, -0.25) is 9.59 Å². The maximum Gasteiger partial charge on any atom is 0.231 e. The number of fused-ring (bicyclic) bond motifs is 1. The molecule has 1 N–H and O–H groups in total. The van der Waals surface area contributed by atoms with Gasteiger partial charge in [0.15, 0.2) is 9.84 Å². The molecule has 6 nitrogen and oxygen atoms in total. The number of hydrogen-bond acceptors (Lipinski definition) is 4. The zero-order valence-corrected chi connectivity index (χ0v) is 17.2. The number of carbonyl (C=O) groups is 2. The summed E-state index contributed by atoms with van der Waals surface area (Å²) in [6.45, 7) is 4.27. The summed E-state index contributed by atoms with van der Waals surface area (Å²) in [5.74, 6) is -0.761. The number of benzene rings is 2. The smallest absolute Gasteiger partial charge is 0.231 e. The largest absolute Gasteiger partial charge is 0.326 e. The van der Waals surface area contributed by atoms with Crippen LogP contribution in [0.15, 0.2) is 41.3 Å². The number of anilines is 2. The predicted molar refractivity (Wildman–Crippen MR) is 110 cm³/mol. The van der Waals surface area contributed by atoms with E-state index in [1.807, 2.05) is 13.8 Å². The van der Waals surface area contributed by atoms with Gasteiger partial charge in [0, 0.05) is 29.4 Å². The van der Waals surface area contributed by atoms with Gasteiger partial charge in [-0.2, -0.15) is 0 Å². The molecule has 0 unspecified atom stereocenters. The topological polar surface area (TPSA) is 83.6 Å². The third kappa shape index (κ3) is 4.20. The van der Waals surface area contributed by atoms with Crippen molar-refractivity contribution in [3.05, 3.63) is 52.5 Å². The zero-order chi connectivity index (χ0) is 20.5. The highest BCUT2D eigenvalue weighted by Crippen LogP contribution is 2.31. The summed E-state index contributed by atoms with van der Waals surface area (Å²) in [4.78, 5) is 25.9. The molecule has 2 aromatic rings. The lowest BCUT2D eigenvalue weighted by molar-refractivity contribution is -0.117. The van der Waals surface area contributed by atoms with Crippen molar-refractivity contribution in [3.63, 3.8) is 0 Å². The molecule has 1 aliphatic rings. The third-order valence-electron chi connectivity index (χ3n) is 4.71. The van der Waals surface area contributed by atoms with E-state index in [0.717, 1.165) is 11.3 Å². The minimum Gasteiger partial charge on any atom is -0.326 e. The Balaban J connectivity index is 1.67. The van der Waals surface area contributed by atoms with Crippen molar-refractivity contribution in [3.8, 4) is 0 Å². The highest BCUT2D eigenvalue weighted by molar-refractivity contribution is 7.91. The Bertz CT molecular complexity index is 1050. The summed E-state index contributed by atoms with van der Waals surface area (Å²) >= 11 is 6.03.